The lowest BCUT2D eigenvalue weighted by Gasteiger charge is -2.41. The van der Waals surface area contributed by atoms with Crippen molar-refractivity contribution in [2.24, 2.45) is 11.8 Å². The second kappa shape index (κ2) is 10.2. The van der Waals surface area contributed by atoms with Crippen molar-refractivity contribution in [1.82, 2.24) is 5.32 Å². The van der Waals surface area contributed by atoms with Crippen LogP contribution in [0.1, 0.15) is 36.3 Å². The molecule has 2 aromatic carbocycles. The summed E-state index contributed by atoms with van der Waals surface area (Å²) in [6.07, 6.45) is 6.08. The van der Waals surface area contributed by atoms with E-state index in [4.69, 9.17) is 23.2 Å². The van der Waals surface area contributed by atoms with Crippen LogP contribution in [0.4, 0.5) is 8.78 Å². The Balaban J connectivity index is 2.02. The molecular formula is C26H24Cl2F2N2O3. The van der Waals surface area contributed by atoms with Crippen molar-refractivity contribution < 1.29 is 23.8 Å². The third-order valence-electron chi connectivity index (χ3n) is 7.37. The van der Waals surface area contributed by atoms with Crippen LogP contribution in [0.3, 0.4) is 0 Å². The summed E-state index contributed by atoms with van der Waals surface area (Å²) in [6.45, 7) is -0.369. The van der Waals surface area contributed by atoms with E-state index in [0.29, 0.717) is 12.8 Å². The molecule has 0 aromatic heterocycles. The number of aliphatic hydroxyl groups excluding tert-OH is 1. The molecule has 1 heterocycles. The minimum atomic E-state index is -1.89. The van der Waals surface area contributed by atoms with Crippen LogP contribution < -0.4 is 5.32 Å². The zero-order chi connectivity index (χ0) is 25.3. The van der Waals surface area contributed by atoms with Crippen LogP contribution in [0.5, 0.6) is 0 Å². The van der Waals surface area contributed by atoms with Gasteiger partial charge in [-0.3, -0.25) is 10.1 Å². The van der Waals surface area contributed by atoms with Gasteiger partial charge in [-0.05, 0) is 48.9 Å². The van der Waals surface area contributed by atoms with Gasteiger partial charge in [0.1, 0.15) is 23.1 Å². The highest BCUT2D eigenvalue weighted by atomic mass is 35.5. The Morgan fingerprint density at radius 1 is 1.26 bits per heavy atom. The molecule has 6 atom stereocenters. The molecule has 1 fully saturated rings. The van der Waals surface area contributed by atoms with Gasteiger partial charge in [0.25, 0.3) is 0 Å². The number of aliphatic hydroxyl groups is 1. The minimum Gasteiger partial charge on any atom is -0.480 e. The summed E-state index contributed by atoms with van der Waals surface area (Å²) in [5.41, 5.74) is -2.12. The maximum absolute atomic E-state index is 15.5. The largest absolute Gasteiger partial charge is 0.480 e. The molecule has 0 saturated carbocycles. The van der Waals surface area contributed by atoms with Crippen molar-refractivity contribution in [3.05, 3.63) is 81.4 Å². The summed E-state index contributed by atoms with van der Waals surface area (Å²) in [5, 5.41) is 34.2. The molecule has 1 aliphatic carbocycles. The van der Waals surface area contributed by atoms with Gasteiger partial charge in [0.15, 0.2) is 0 Å². The fourth-order valence-corrected chi connectivity index (χ4v) is 6.17. The first-order valence-electron chi connectivity index (χ1n) is 11.3. The number of benzene rings is 2. The van der Waals surface area contributed by atoms with Gasteiger partial charge < -0.3 is 10.2 Å². The maximum atomic E-state index is 15.5. The number of carboxylic acid groups (broad SMARTS) is 1. The topological polar surface area (TPSA) is 93.4 Å². The molecule has 2 aromatic rings. The molecule has 5 nitrogen and oxygen atoms in total. The smallest absolute Gasteiger partial charge is 0.321 e. The van der Waals surface area contributed by atoms with Crippen LogP contribution in [0.25, 0.3) is 0 Å². The summed E-state index contributed by atoms with van der Waals surface area (Å²) < 4.78 is 30.9. The molecule has 184 valence electrons. The van der Waals surface area contributed by atoms with E-state index in [9.17, 15) is 20.3 Å². The van der Waals surface area contributed by atoms with Gasteiger partial charge in [-0.1, -0.05) is 53.6 Å². The highest BCUT2D eigenvalue weighted by Gasteiger charge is 2.63. The first-order chi connectivity index (χ1) is 16.8. The van der Waals surface area contributed by atoms with Crippen LogP contribution in [-0.4, -0.2) is 34.9 Å². The second-order valence-electron chi connectivity index (χ2n) is 9.08. The predicted octanol–water partition coefficient (Wildman–Crippen LogP) is 5.21. The SMILES string of the molecule is N#C[C@]1(c2ccc(Cl)cc2F)[C@H](C(CO)C2CC=CCC2)N[C@@H](C(=O)O)[C@@H]1c1cccc(Cl)c1F. The van der Waals surface area contributed by atoms with Crippen molar-refractivity contribution in [1.29, 1.82) is 5.26 Å². The van der Waals surface area contributed by atoms with E-state index in [0.717, 1.165) is 12.5 Å². The van der Waals surface area contributed by atoms with Crippen molar-refractivity contribution in [2.75, 3.05) is 6.61 Å². The third kappa shape index (κ3) is 4.34. The van der Waals surface area contributed by atoms with E-state index in [-0.39, 0.29) is 33.7 Å². The normalized spacial score (nSPS) is 29.0. The van der Waals surface area contributed by atoms with E-state index in [2.05, 4.69) is 11.4 Å². The molecule has 1 saturated heterocycles. The summed E-state index contributed by atoms with van der Waals surface area (Å²) in [7, 11) is 0. The molecule has 0 amide bonds. The molecule has 4 rings (SSSR count). The number of carbonyl (C=O) groups is 1. The molecule has 9 heteroatoms. The molecule has 3 N–H and O–H groups in total. The summed E-state index contributed by atoms with van der Waals surface area (Å²) in [4.78, 5) is 12.5. The summed E-state index contributed by atoms with van der Waals surface area (Å²) in [6, 6.07) is 7.67. The lowest BCUT2D eigenvalue weighted by atomic mass is 9.60. The Labute approximate surface area is 212 Å². The summed E-state index contributed by atoms with van der Waals surface area (Å²) >= 11 is 12.0. The van der Waals surface area contributed by atoms with Crippen LogP contribution in [-0.2, 0) is 10.2 Å². The monoisotopic (exact) mass is 520 g/mol. The van der Waals surface area contributed by atoms with E-state index < -0.39 is 46.9 Å². The van der Waals surface area contributed by atoms with E-state index in [1.165, 1.54) is 30.3 Å². The highest BCUT2D eigenvalue weighted by molar-refractivity contribution is 6.31. The van der Waals surface area contributed by atoms with E-state index in [1.54, 1.807) is 0 Å². The number of nitrogens with one attached hydrogen (secondary N) is 1. The number of nitriles is 1. The zero-order valence-corrected chi connectivity index (χ0v) is 20.1. The molecule has 0 bridgehead atoms. The predicted molar refractivity (Wildman–Crippen MR) is 128 cm³/mol. The number of nitrogens with zero attached hydrogens (tertiary/aromatic N) is 1. The van der Waals surface area contributed by atoms with Crippen molar-refractivity contribution in [3.8, 4) is 6.07 Å². The van der Waals surface area contributed by atoms with Crippen LogP contribution >= 0.6 is 23.2 Å². The van der Waals surface area contributed by atoms with Crippen LogP contribution in [0.15, 0.2) is 48.6 Å². The van der Waals surface area contributed by atoms with Gasteiger partial charge in [-0.2, -0.15) is 5.26 Å². The third-order valence-corrected chi connectivity index (χ3v) is 7.90. The average molecular weight is 521 g/mol. The van der Waals surface area contributed by atoms with Gasteiger partial charge in [0, 0.05) is 35.1 Å². The molecule has 0 radical (unpaired) electrons. The average Bonchev–Trinajstić information content (AvgIpc) is 3.18. The Hall–Kier alpha value is -2.50. The van der Waals surface area contributed by atoms with E-state index in [1.807, 2.05) is 12.2 Å². The molecule has 35 heavy (non-hydrogen) atoms. The lowest BCUT2D eigenvalue weighted by molar-refractivity contribution is -0.139. The molecule has 0 spiro atoms. The van der Waals surface area contributed by atoms with Crippen molar-refractivity contribution in [3.63, 3.8) is 0 Å². The Kier molecular flexibility index (Phi) is 7.48. The number of hydrogen-bond donors (Lipinski definition) is 3. The first kappa shape index (κ1) is 25.6. The number of allylic oxidation sites excluding steroid dienone is 2. The Bertz CT molecular complexity index is 1200. The van der Waals surface area contributed by atoms with Crippen molar-refractivity contribution in [2.45, 2.75) is 42.7 Å². The molecular weight excluding hydrogens is 497 g/mol. The maximum Gasteiger partial charge on any atom is 0.321 e. The molecule has 2 aliphatic rings. The number of carboxylic acids is 1. The number of hydrogen-bond acceptors (Lipinski definition) is 4. The number of aliphatic carboxylic acids is 1. The lowest BCUT2D eigenvalue weighted by Crippen LogP contribution is -2.51. The molecule has 1 aliphatic heterocycles. The van der Waals surface area contributed by atoms with Gasteiger partial charge in [0.2, 0.25) is 0 Å². The van der Waals surface area contributed by atoms with Crippen LogP contribution in [0, 0.1) is 34.8 Å². The zero-order valence-electron chi connectivity index (χ0n) is 18.6. The van der Waals surface area contributed by atoms with Gasteiger partial charge in [0.05, 0.1) is 11.1 Å². The minimum absolute atomic E-state index is 0.0945. The standard InChI is InChI=1S/C26H24Cl2F2N2O3/c27-15-9-10-18(20(29)11-15)26(13-31)21(16-7-4-8-19(28)22(16)30)23(25(34)35)32-24(26)17(12-33)14-5-2-1-3-6-14/h1-2,4,7-11,14,17,21,23-24,32-33H,3,5-6,12H2,(H,34,35)/t14?,17?,21-,23+,24-,26+/m0/s1. The quantitative estimate of drug-likeness (QED) is 0.454. The van der Waals surface area contributed by atoms with Gasteiger partial charge >= 0.3 is 5.97 Å². The van der Waals surface area contributed by atoms with E-state index >= 15 is 8.78 Å². The number of halogens is 4. The summed E-state index contributed by atoms with van der Waals surface area (Å²) in [5.74, 6) is -5.07. The molecule has 2 unspecified atom stereocenters. The fourth-order valence-electron chi connectivity index (χ4n) is 5.83. The van der Waals surface area contributed by atoms with Crippen molar-refractivity contribution >= 4 is 29.2 Å². The highest BCUT2D eigenvalue weighted by Crippen LogP contribution is 2.53. The van der Waals surface area contributed by atoms with Crippen LogP contribution in [0.2, 0.25) is 10.0 Å². The number of rotatable bonds is 6. The van der Waals surface area contributed by atoms with Gasteiger partial charge in [-0.25, -0.2) is 8.78 Å². The fraction of sp³-hybridized carbons (Fsp3) is 0.385. The van der Waals surface area contributed by atoms with Gasteiger partial charge in [-0.15, -0.1) is 0 Å². The Morgan fingerprint density at radius 3 is 2.63 bits per heavy atom. The first-order valence-corrected chi connectivity index (χ1v) is 12.1. The Morgan fingerprint density at radius 2 is 2.03 bits per heavy atom. The second-order valence-corrected chi connectivity index (χ2v) is 9.92.